The lowest BCUT2D eigenvalue weighted by atomic mass is 10.2. The molecule has 0 saturated carbocycles. The molecule has 0 aliphatic rings. The van der Waals surface area contributed by atoms with Crippen LogP contribution in [0.4, 0.5) is 14.5 Å². The molecule has 5 nitrogen and oxygen atoms in total. The lowest BCUT2D eigenvalue weighted by Gasteiger charge is -2.02. The summed E-state index contributed by atoms with van der Waals surface area (Å²) in [6.07, 6.45) is -2.20. The molecule has 0 saturated heterocycles. The van der Waals surface area contributed by atoms with Crippen LogP contribution in [-0.2, 0) is 0 Å². The molecule has 0 unspecified atom stereocenters. The monoisotopic (exact) mass is 236 g/mol. The van der Waals surface area contributed by atoms with Crippen molar-refractivity contribution in [1.82, 2.24) is 4.98 Å². The number of hydrogen-bond donors (Lipinski definition) is 0. The van der Waals surface area contributed by atoms with E-state index in [-0.39, 0.29) is 0 Å². The number of aromatic nitrogens is 1. The number of halogens is 3. The van der Waals surface area contributed by atoms with Crippen LogP contribution in [0.3, 0.4) is 0 Å². The highest BCUT2D eigenvalue weighted by Gasteiger charge is 2.29. The van der Waals surface area contributed by atoms with Gasteiger partial charge in [-0.15, -0.1) is 0 Å². The molecule has 1 rings (SSSR count). The Morgan fingerprint density at radius 3 is 2.60 bits per heavy atom. The Bertz CT molecular complexity index is 425. The molecular weight excluding hydrogens is 234 g/mol. The molecule has 0 aliphatic heterocycles. The predicted molar refractivity (Wildman–Crippen MR) is 46.0 cm³/mol. The Kier molecular flexibility index (Phi) is 3.25. The summed E-state index contributed by atoms with van der Waals surface area (Å²) in [5, 5.41) is 9.23. The first-order chi connectivity index (χ1) is 6.95. The van der Waals surface area contributed by atoms with Crippen molar-refractivity contribution in [3.05, 3.63) is 33.6 Å². The van der Waals surface area contributed by atoms with E-state index in [1.807, 2.05) is 0 Å². The number of alkyl halides is 2. The largest absolute Gasteiger partial charge is 0.308 e. The van der Waals surface area contributed by atoms with Crippen LogP contribution in [-0.4, -0.2) is 15.1 Å². The maximum Gasteiger partial charge on any atom is 0.308 e. The SMILES string of the molecule is O=C(Cl)c1nccc(C(F)F)c1[N+](=O)[O-]. The van der Waals surface area contributed by atoms with Gasteiger partial charge in [-0.3, -0.25) is 14.9 Å². The van der Waals surface area contributed by atoms with Crippen molar-refractivity contribution in [2.75, 3.05) is 0 Å². The highest BCUT2D eigenvalue weighted by Crippen LogP contribution is 2.31. The molecule has 0 atom stereocenters. The van der Waals surface area contributed by atoms with E-state index < -0.39 is 33.5 Å². The molecule has 0 aliphatic carbocycles. The Hall–Kier alpha value is -1.63. The molecule has 0 fully saturated rings. The number of nitro groups is 1. The summed E-state index contributed by atoms with van der Waals surface area (Å²) in [4.78, 5) is 23.4. The van der Waals surface area contributed by atoms with Crippen LogP contribution >= 0.6 is 11.6 Å². The van der Waals surface area contributed by atoms with Crippen molar-refractivity contribution >= 4 is 22.5 Å². The molecular formula is C7H3ClF2N2O3. The van der Waals surface area contributed by atoms with Gasteiger partial charge in [-0.05, 0) is 17.7 Å². The minimum atomic E-state index is -3.07. The van der Waals surface area contributed by atoms with Gasteiger partial charge >= 0.3 is 5.69 Å². The zero-order chi connectivity index (χ0) is 11.6. The number of pyridine rings is 1. The number of carbonyl (C=O) groups is 1. The van der Waals surface area contributed by atoms with Gasteiger partial charge in [0.15, 0.2) is 0 Å². The third-order valence-electron chi connectivity index (χ3n) is 1.56. The van der Waals surface area contributed by atoms with Crippen LogP contribution in [0.15, 0.2) is 12.3 Å². The van der Waals surface area contributed by atoms with E-state index in [4.69, 9.17) is 11.6 Å². The number of carbonyl (C=O) groups excluding carboxylic acids is 1. The summed E-state index contributed by atoms with van der Waals surface area (Å²) in [7, 11) is 0. The second-order valence-corrected chi connectivity index (χ2v) is 2.77. The highest BCUT2D eigenvalue weighted by molar-refractivity contribution is 6.67. The van der Waals surface area contributed by atoms with E-state index in [1.54, 1.807) is 0 Å². The van der Waals surface area contributed by atoms with Crippen LogP contribution in [0.5, 0.6) is 0 Å². The lowest BCUT2D eigenvalue weighted by Crippen LogP contribution is -2.05. The first-order valence-corrected chi connectivity index (χ1v) is 3.94. The Morgan fingerprint density at radius 1 is 1.60 bits per heavy atom. The first kappa shape index (κ1) is 11.4. The summed E-state index contributed by atoms with van der Waals surface area (Å²) < 4.78 is 24.7. The molecule has 80 valence electrons. The van der Waals surface area contributed by atoms with Gasteiger partial charge < -0.3 is 0 Å². The Morgan fingerprint density at radius 2 is 2.20 bits per heavy atom. The summed E-state index contributed by atoms with van der Waals surface area (Å²) in [5.74, 6) is 0. The fourth-order valence-electron chi connectivity index (χ4n) is 0.981. The molecule has 1 aromatic heterocycles. The fourth-order valence-corrected chi connectivity index (χ4v) is 1.12. The lowest BCUT2D eigenvalue weighted by molar-refractivity contribution is -0.386. The van der Waals surface area contributed by atoms with E-state index >= 15 is 0 Å². The summed E-state index contributed by atoms with van der Waals surface area (Å²) >= 11 is 4.98. The molecule has 0 spiro atoms. The molecule has 15 heavy (non-hydrogen) atoms. The van der Waals surface area contributed by atoms with Crippen molar-refractivity contribution in [2.45, 2.75) is 6.43 Å². The minimum absolute atomic E-state index is 0.770. The first-order valence-electron chi connectivity index (χ1n) is 3.56. The Balaban J connectivity index is 3.48. The third kappa shape index (κ3) is 2.24. The standard InChI is InChI=1S/C7H3ClF2N2O3/c8-6(13)4-5(12(14)15)3(7(9)10)1-2-11-4/h1-2,7H. The van der Waals surface area contributed by atoms with E-state index in [9.17, 15) is 23.7 Å². The molecule has 0 aromatic carbocycles. The molecule has 1 aromatic rings. The average Bonchev–Trinajstić information content (AvgIpc) is 2.16. The van der Waals surface area contributed by atoms with E-state index in [2.05, 4.69) is 4.98 Å². The molecule has 0 amide bonds. The summed E-state index contributed by atoms with van der Waals surface area (Å²) in [6, 6.07) is 0.770. The van der Waals surface area contributed by atoms with Gasteiger partial charge in [-0.2, -0.15) is 0 Å². The van der Waals surface area contributed by atoms with E-state index in [0.717, 1.165) is 12.3 Å². The van der Waals surface area contributed by atoms with E-state index in [0.29, 0.717) is 0 Å². The van der Waals surface area contributed by atoms with Crippen molar-refractivity contribution in [1.29, 1.82) is 0 Å². The molecule has 1 heterocycles. The number of rotatable bonds is 3. The van der Waals surface area contributed by atoms with Gasteiger partial charge in [0, 0.05) is 6.20 Å². The van der Waals surface area contributed by atoms with Crippen LogP contribution in [0.1, 0.15) is 22.5 Å². The van der Waals surface area contributed by atoms with Gasteiger partial charge in [0.2, 0.25) is 5.69 Å². The van der Waals surface area contributed by atoms with Crippen molar-refractivity contribution in [3.8, 4) is 0 Å². The van der Waals surface area contributed by atoms with Gasteiger partial charge in [0.25, 0.3) is 11.7 Å². The number of nitrogens with zero attached hydrogens (tertiary/aromatic N) is 2. The van der Waals surface area contributed by atoms with Crippen LogP contribution < -0.4 is 0 Å². The zero-order valence-corrected chi connectivity index (χ0v) is 7.74. The van der Waals surface area contributed by atoms with Gasteiger partial charge in [-0.1, -0.05) is 0 Å². The molecule has 8 heteroatoms. The van der Waals surface area contributed by atoms with Crippen LogP contribution in [0.2, 0.25) is 0 Å². The maximum absolute atomic E-state index is 12.3. The van der Waals surface area contributed by atoms with E-state index in [1.165, 1.54) is 0 Å². The highest BCUT2D eigenvalue weighted by atomic mass is 35.5. The van der Waals surface area contributed by atoms with Gasteiger partial charge in [0.1, 0.15) is 0 Å². The molecule has 0 bridgehead atoms. The topological polar surface area (TPSA) is 73.1 Å². The second-order valence-electron chi connectivity index (χ2n) is 2.43. The second kappa shape index (κ2) is 4.26. The van der Waals surface area contributed by atoms with Crippen molar-refractivity contribution in [3.63, 3.8) is 0 Å². The minimum Gasteiger partial charge on any atom is -0.274 e. The van der Waals surface area contributed by atoms with Crippen LogP contribution in [0.25, 0.3) is 0 Å². The normalized spacial score (nSPS) is 10.4. The van der Waals surface area contributed by atoms with Gasteiger partial charge in [0.05, 0.1) is 10.5 Å². The zero-order valence-electron chi connectivity index (χ0n) is 6.99. The van der Waals surface area contributed by atoms with Crippen LogP contribution in [0, 0.1) is 10.1 Å². The van der Waals surface area contributed by atoms with Gasteiger partial charge in [-0.25, -0.2) is 13.8 Å². The quantitative estimate of drug-likeness (QED) is 0.459. The average molecular weight is 237 g/mol. The molecule has 0 radical (unpaired) electrons. The predicted octanol–water partition coefficient (Wildman–Crippen LogP) is 2.31. The summed E-state index contributed by atoms with van der Waals surface area (Å²) in [6.45, 7) is 0. The Labute approximate surface area is 86.8 Å². The number of hydrogen-bond acceptors (Lipinski definition) is 4. The maximum atomic E-state index is 12.3. The van der Waals surface area contributed by atoms with Crippen molar-refractivity contribution in [2.24, 2.45) is 0 Å². The molecule has 0 N–H and O–H groups in total. The van der Waals surface area contributed by atoms with Crippen molar-refractivity contribution < 1.29 is 18.5 Å². The fraction of sp³-hybridized carbons (Fsp3) is 0.143. The smallest absolute Gasteiger partial charge is 0.274 e. The summed E-state index contributed by atoms with van der Waals surface area (Å²) in [5.41, 5.74) is -2.70. The third-order valence-corrected chi connectivity index (χ3v) is 1.74.